The smallest absolute Gasteiger partial charge is 0.110 e. The number of hydrogen-bond donors (Lipinski definition) is 0. The van der Waals surface area contributed by atoms with Crippen LogP contribution >= 0.6 is 0 Å². The lowest BCUT2D eigenvalue weighted by Gasteiger charge is -2.17. The topological polar surface area (TPSA) is 21.8 Å². The van der Waals surface area contributed by atoms with Gasteiger partial charge in [-0.3, -0.25) is 0 Å². The summed E-state index contributed by atoms with van der Waals surface area (Å²) in [7, 11) is 0. The lowest BCUT2D eigenvalue weighted by molar-refractivity contribution is 0.235. The first kappa shape index (κ1) is 5.84. The van der Waals surface area contributed by atoms with Crippen molar-refractivity contribution in [1.82, 2.24) is 0 Å². The number of ether oxygens (including phenoxy) is 2. The summed E-state index contributed by atoms with van der Waals surface area (Å²) in [5.74, 6) is 2.24. The van der Waals surface area contributed by atoms with Gasteiger partial charge in [0.2, 0.25) is 0 Å². The molecule has 2 bridgehead atoms. The van der Waals surface area contributed by atoms with Crippen molar-refractivity contribution in [3.05, 3.63) is 23.7 Å². The zero-order valence-corrected chi connectivity index (χ0v) is 6.25. The molecule has 2 saturated heterocycles. The summed E-state index contributed by atoms with van der Waals surface area (Å²) >= 11 is 0. The Hall–Kier alpha value is -0.760. The Kier molecular flexibility index (Phi) is 1.00. The van der Waals surface area contributed by atoms with E-state index in [1.54, 1.807) is 0 Å². The highest BCUT2D eigenvalue weighted by molar-refractivity contribution is 5.22. The van der Waals surface area contributed by atoms with Crippen LogP contribution in [-0.2, 0) is 9.47 Å². The van der Waals surface area contributed by atoms with Crippen molar-refractivity contribution >= 4 is 0 Å². The van der Waals surface area contributed by atoms with Crippen molar-refractivity contribution in [2.45, 2.75) is 31.5 Å². The van der Waals surface area contributed by atoms with Gasteiger partial charge in [-0.05, 0) is 18.6 Å². The lowest BCUT2D eigenvalue weighted by Crippen LogP contribution is -2.01. The first-order valence-corrected chi connectivity index (χ1v) is 4.16. The Balaban J connectivity index is 2.00. The minimum atomic E-state index is 0.334. The lowest BCUT2D eigenvalue weighted by atomic mass is 10.1. The molecule has 2 nitrogen and oxygen atoms in total. The summed E-state index contributed by atoms with van der Waals surface area (Å²) in [4.78, 5) is 0. The second-order valence-electron chi connectivity index (χ2n) is 3.29. The van der Waals surface area contributed by atoms with Gasteiger partial charge < -0.3 is 9.47 Å². The highest BCUT2D eigenvalue weighted by atomic mass is 16.6. The van der Waals surface area contributed by atoms with Crippen LogP contribution in [0.15, 0.2) is 23.7 Å². The molecule has 3 aliphatic heterocycles. The van der Waals surface area contributed by atoms with E-state index < -0.39 is 0 Å². The monoisotopic (exact) mass is 150 g/mol. The van der Waals surface area contributed by atoms with E-state index in [0.717, 1.165) is 24.4 Å². The summed E-state index contributed by atoms with van der Waals surface area (Å²) in [6, 6.07) is 0. The van der Waals surface area contributed by atoms with Crippen LogP contribution in [0.3, 0.4) is 0 Å². The van der Waals surface area contributed by atoms with E-state index in [1.807, 2.05) is 0 Å². The van der Waals surface area contributed by atoms with Gasteiger partial charge >= 0.3 is 0 Å². The van der Waals surface area contributed by atoms with Crippen molar-refractivity contribution in [3.63, 3.8) is 0 Å². The molecule has 58 valence electrons. The SMILES string of the molecule is C1=C2CCCC(=C[C@@H]3OC13)O2. The maximum Gasteiger partial charge on any atom is 0.110 e. The predicted molar refractivity (Wildman–Crippen MR) is 39.8 cm³/mol. The van der Waals surface area contributed by atoms with E-state index in [2.05, 4.69) is 12.2 Å². The van der Waals surface area contributed by atoms with Crippen LogP contribution in [0.5, 0.6) is 0 Å². The summed E-state index contributed by atoms with van der Waals surface area (Å²) in [5.41, 5.74) is 0. The van der Waals surface area contributed by atoms with Crippen LogP contribution in [0.25, 0.3) is 0 Å². The van der Waals surface area contributed by atoms with Crippen LogP contribution in [-0.4, -0.2) is 12.2 Å². The second-order valence-corrected chi connectivity index (χ2v) is 3.29. The van der Waals surface area contributed by atoms with Gasteiger partial charge in [0.15, 0.2) is 0 Å². The average molecular weight is 150 g/mol. The molecule has 0 aromatic carbocycles. The van der Waals surface area contributed by atoms with E-state index in [1.165, 1.54) is 6.42 Å². The third-order valence-electron chi connectivity index (χ3n) is 2.37. The summed E-state index contributed by atoms with van der Waals surface area (Å²) in [6.45, 7) is 0. The maximum atomic E-state index is 5.59. The molecule has 2 atom stereocenters. The minimum Gasteiger partial charge on any atom is -0.467 e. The van der Waals surface area contributed by atoms with Crippen LogP contribution in [0, 0.1) is 0 Å². The summed E-state index contributed by atoms with van der Waals surface area (Å²) in [5, 5.41) is 0. The molecule has 0 radical (unpaired) electrons. The van der Waals surface area contributed by atoms with Gasteiger partial charge in [0.05, 0.1) is 0 Å². The maximum absolute atomic E-state index is 5.59. The molecule has 0 spiro atoms. The van der Waals surface area contributed by atoms with Gasteiger partial charge in [0, 0.05) is 12.8 Å². The van der Waals surface area contributed by atoms with Crippen molar-refractivity contribution in [3.8, 4) is 0 Å². The number of rotatable bonds is 0. The molecule has 0 N–H and O–H groups in total. The van der Waals surface area contributed by atoms with Gasteiger partial charge in [-0.15, -0.1) is 0 Å². The zero-order valence-electron chi connectivity index (χ0n) is 6.25. The molecule has 0 aliphatic carbocycles. The number of fused-ring (bicyclic) bond motifs is 3. The number of epoxide rings is 1. The quantitative estimate of drug-likeness (QED) is 0.490. The van der Waals surface area contributed by atoms with E-state index in [-0.39, 0.29) is 0 Å². The number of allylic oxidation sites excluding steroid dienone is 2. The largest absolute Gasteiger partial charge is 0.467 e. The Morgan fingerprint density at radius 3 is 2.36 bits per heavy atom. The first-order chi connectivity index (χ1) is 5.42. The van der Waals surface area contributed by atoms with E-state index >= 15 is 0 Å². The zero-order chi connectivity index (χ0) is 7.26. The van der Waals surface area contributed by atoms with Crippen LogP contribution in [0.2, 0.25) is 0 Å². The van der Waals surface area contributed by atoms with E-state index in [4.69, 9.17) is 9.47 Å². The molecule has 11 heavy (non-hydrogen) atoms. The molecule has 1 unspecified atom stereocenters. The molecule has 2 fully saturated rings. The van der Waals surface area contributed by atoms with E-state index in [9.17, 15) is 0 Å². The molecule has 0 aromatic heterocycles. The first-order valence-electron chi connectivity index (χ1n) is 4.16. The highest BCUT2D eigenvalue weighted by Crippen LogP contribution is 2.36. The predicted octanol–water partition coefficient (Wildman–Crippen LogP) is 1.74. The van der Waals surface area contributed by atoms with E-state index in [0.29, 0.717) is 12.2 Å². The highest BCUT2D eigenvalue weighted by Gasteiger charge is 2.38. The fraction of sp³-hybridized carbons (Fsp3) is 0.556. The van der Waals surface area contributed by atoms with Crippen LogP contribution in [0.4, 0.5) is 0 Å². The Bertz CT molecular complexity index is 228. The summed E-state index contributed by atoms with van der Waals surface area (Å²) in [6.07, 6.45) is 8.31. The third-order valence-corrected chi connectivity index (χ3v) is 2.37. The Labute approximate surface area is 65.5 Å². The summed E-state index contributed by atoms with van der Waals surface area (Å²) < 4.78 is 11.0. The minimum absolute atomic E-state index is 0.334. The van der Waals surface area contributed by atoms with Crippen LogP contribution in [0.1, 0.15) is 19.3 Å². The fourth-order valence-corrected chi connectivity index (χ4v) is 1.71. The third kappa shape index (κ3) is 0.897. The molecule has 3 rings (SSSR count). The Morgan fingerprint density at radius 2 is 1.73 bits per heavy atom. The van der Waals surface area contributed by atoms with Crippen LogP contribution < -0.4 is 0 Å². The second kappa shape index (κ2) is 1.89. The molecule has 0 saturated carbocycles. The van der Waals surface area contributed by atoms with Crippen molar-refractivity contribution in [2.75, 3.05) is 0 Å². The Morgan fingerprint density at radius 1 is 1.09 bits per heavy atom. The molecule has 0 aromatic rings. The molecule has 3 heterocycles. The molecule has 0 amide bonds. The number of hydrogen-bond acceptors (Lipinski definition) is 2. The molecule has 2 heteroatoms. The fourth-order valence-electron chi connectivity index (χ4n) is 1.71. The van der Waals surface area contributed by atoms with Gasteiger partial charge in [0.25, 0.3) is 0 Å². The van der Waals surface area contributed by atoms with Crippen molar-refractivity contribution in [1.29, 1.82) is 0 Å². The molecular weight excluding hydrogens is 140 g/mol. The molecule has 3 aliphatic rings. The van der Waals surface area contributed by atoms with Gasteiger partial charge in [-0.1, -0.05) is 0 Å². The standard InChI is InChI=1S/C9H10O2/c1-2-6-4-8-9(11-8)5-7(3-1)10-6/h4-5,8-9H,1-3H2/t8-,9?/m0/s1. The van der Waals surface area contributed by atoms with Crippen molar-refractivity contribution < 1.29 is 9.47 Å². The normalized spacial score (nSPS) is 39.3. The van der Waals surface area contributed by atoms with Gasteiger partial charge in [0.1, 0.15) is 23.7 Å². The average Bonchev–Trinajstić information content (AvgIpc) is 2.67. The van der Waals surface area contributed by atoms with Crippen molar-refractivity contribution in [2.24, 2.45) is 0 Å². The van der Waals surface area contributed by atoms with Gasteiger partial charge in [-0.25, -0.2) is 0 Å². The van der Waals surface area contributed by atoms with Gasteiger partial charge in [-0.2, -0.15) is 0 Å². The molecular formula is C9H10O2.